The summed E-state index contributed by atoms with van der Waals surface area (Å²) in [7, 11) is -3.27. The second-order valence-electron chi connectivity index (χ2n) is 8.45. The summed E-state index contributed by atoms with van der Waals surface area (Å²) in [5, 5.41) is 0.998. The molecule has 1 aromatic heterocycles. The van der Waals surface area contributed by atoms with Crippen molar-refractivity contribution in [3.05, 3.63) is 78.6 Å². The number of fused-ring (bicyclic) bond motifs is 2. The van der Waals surface area contributed by atoms with Crippen LogP contribution >= 0.6 is 23.2 Å². The largest absolute Gasteiger partial charge is 0.450 e. The molecule has 0 aliphatic carbocycles. The molecule has 1 fully saturated rings. The number of sulfone groups is 1. The van der Waals surface area contributed by atoms with Gasteiger partial charge in [0, 0.05) is 6.04 Å². The van der Waals surface area contributed by atoms with Crippen LogP contribution in [-0.2, 0) is 9.84 Å². The van der Waals surface area contributed by atoms with Crippen molar-refractivity contribution in [1.29, 1.82) is 0 Å². The molecule has 6 nitrogen and oxygen atoms in total. The van der Waals surface area contributed by atoms with Crippen LogP contribution in [0.25, 0.3) is 11.0 Å². The van der Waals surface area contributed by atoms with Gasteiger partial charge in [0.1, 0.15) is 5.58 Å². The van der Waals surface area contributed by atoms with Crippen molar-refractivity contribution < 1.29 is 17.6 Å². The molecule has 0 N–H and O–H groups in total. The quantitative estimate of drug-likeness (QED) is 0.528. The third-order valence-corrected chi connectivity index (χ3v) is 8.87. The molecule has 32 heavy (non-hydrogen) atoms. The van der Waals surface area contributed by atoms with Gasteiger partial charge in [0.25, 0.3) is 5.91 Å². The summed E-state index contributed by atoms with van der Waals surface area (Å²) in [5.41, 5.74) is 2.67. The van der Waals surface area contributed by atoms with Gasteiger partial charge in [-0.1, -0.05) is 29.3 Å². The Labute approximate surface area is 194 Å². The summed E-state index contributed by atoms with van der Waals surface area (Å²) in [6.07, 6.45) is 0.297. The fourth-order valence-electron chi connectivity index (χ4n) is 4.63. The highest BCUT2D eigenvalue weighted by Gasteiger charge is 2.48. The molecule has 9 heteroatoms. The molecule has 0 saturated carbocycles. The number of amides is 1. The maximum atomic E-state index is 13.6. The number of carbonyl (C=O) groups is 1. The van der Waals surface area contributed by atoms with Crippen molar-refractivity contribution in [2.75, 3.05) is 11.5 Å². The van der Waals surface area contributed by atoms with Crippen LogP contribution in [0, 0.1) is 13.8 Å². The summed E-state index contributed by atoms with van der Waals surface area (Å²) in [4.78, 5) is 28.6. The molecule has 166 valence electrons. The molecule has 3 heterocycles. The lowest BCUT2D eigenvalue weighted by molar-refractivity contribution is 0.0662. The Morgan fingerprint density at radius 1 is 1.03 bits per heavy atom. The second kappa shape index (κ2) is 7.33. The third kappa shape index (κ3) is 3.26. The zero-order valence-corrected chi connectivity index (χ0v) is 19.6. The molecule has 2 aromatic carbocycles. The maximum absolute atomic E-state index is 13.6. The minimum atomic E-state index is -3.27. The van der Waals surface area contributed by atoms with Crippen molar-refractivity contribution in [3.63, 3.8) is 0 Å². The minimum absolute atomic E-state index is 0.00632. The van der Waals surface area contributed by atoms with Gasteiger partial charge >= 0.3 is 0 Å². The average Bonchev–Trinajstić information content (AvgIpc) is 3.22. The van der Waals surface area contributed by atoms with E-state index in [1.54, 1.807) is 30.3 Å². The van der Waals surface area contributed by atoms with E-state index < -0.39 is 27.8 Å². The average molecular weight is 492 g/mol. The van der Waals surface area contributed by atoms with E-state index in [1.165, 1.54) is 4.90 Å². The van der Waals surface area contributed by atoms with Crippen molar-refractivity contribution in [3.8, 4) is 0 Å². The van der Waals surface area contributed by atoms with Crippen molar-refractivity contribution in [2.45, 2.75) is 32.4 Å². The Morgan fingerprint density at radius 2 is 1.75 bits per heavy atom. The van der Waals surface area contributed by atoms with Crippen molar-refractivity contribution in [2.24, 2.45) is 0 Å². The molecule has 0 radical (unpaired) electrons. The van der Waals surface area contributed by atoms with E-state index in [1.807, 2.05) is 13.8 Å². The number of carbonyl (C=O) groups excluding carboxylic acids is 1. The lowest BCUT2D eigenvalue weighted by Crippen LogP contribution is -2.40. The predicted octanol–water partition coefficient (Wildman–Crippen LogP) is 4.45. The summed E-state index contributed by atoms with van der Waals surface area (Å²) in [6.45, 7) is 3.80. The van der Waals surface area contributed by atoms with Gasteiger partial charge in [0.05, 0.1) is 38.5 Å². The van der Waals surface area contributed by atoms with Crippen LogP contribution in [0.15, 0.2) is 39.5 Å². The van der Waals surface area contributed by atoms with E-state index in [-0.39, 0.29) is 33.3 Å². The summed E-state index contributed by atoms with van der Waals surface area (Å²) in [6, 6.07) is 7.03. The first-order valence-corrected chi connectivity index (χ1v) is 12.7. The monoisotopic (exact) mass is 491 g/mol. The molecule has 2 unspecified atom stereocenters. The zero-order valence-electron chi connectivity index (χ0n) is 17.3. The highest BCUT2D eigenvalue weighted by molar-refractivity contribution is 7.91. The molecule has 3 aromatic rings. The molecule has 2 atom stereocenters. The standard InChI is InChI=1S/C23H19Cl2NO5S/c1-11-7-15-18(8-12(11)2)31-22-19(21(15)27)20(13-3-4-16(24)17(25)9-13)26(23(22)28)14-5-6-32(29,30)10-14/h3-4,7-9,14,20H,5-6,10H2,1-2H3. The van der Waals surface area contributed by atoms with Crippen LogP contribution in [0.1, 0.15) is 45.3 Å². The Bertz CT molecular complexity index is 1480. The summed E-state index contributed by atoms with van der Waals surface area (Å²) in [5.74, 6) is -0.703. The molecule has 1 amide bonds. The lowest BCUT2D eigenvalue weighted by Gasteiger charge is -2.30. The molecule has 2 aliphatic heterocycles. The van der Waals surface area contributed by atoms with Gasteiger partial charge in [-0.3, -0.25) is 9.59 Å². The first kappa shape index (κ1) is 21.5. The Hall–Kier alpha value is -2.35. The summed E-state index contributed by atoms with van der Waals surface area (Å²) < 4.78 is 30.4. The molecule has 0 bridgehead atoms. The number of nitrogens with zero attached hydrogens (tertiary/aromatic N) is 1. The number of hydrogen-bond donors (Lipinski definition) is 0. The highest BCUT2D eigenvalue weighted by Crippen LogP contribution is 2.42. The molecule has 5 rings (SSSR count). The summed E-state index contributed by atoms with van der Waals surface area (Å²) >= 11 is 12.3. The smallest absolute Gasteiger partial charge is 0.291 e. The van der Waals surface area contributed by atoms with Gasteiger partial charge in [-0.2, -0.15) is 0 Å². The first-order chi connectivity index (χ1) is 15.1. The number of hydrogen-bond acceptors (Lipinski definition) is 5. The van der Waals surface area contributed by atoms with Gasteiger partial charge in [-0.05, 0) is 61.2 Å². The van der Waals surface area contributed by atoms with Gasteiger partial charge in [-0.15, -0.1) is 0 Å². The van der Waals surface area contributed by atoms with E-state index in [0.29, 0.717) is 28.0 Å². The van der Waals surface area contributed by atoms with E-state index in [4.69, 9.17) is 27.6 Å². The highest BCUT2D eigenvalue weighted by atomic mass is 35.5. The number of benzene rings is 2. The second-order valence-corrected chi connectivity index (χ2v) is 11.5. The normalized spacial score (nSPS) is 22.0. The van der Waals surface area contributed by atoms with E-state index in [9.17, 15) is 18.0 Å². The van der Waals surface area contributed by atoms with Crippen LogP contribution in [-0.4, -0.2) is 36.8 Å². The van der Waals surface area contributed by atoms with Gasteiger partial charge in [0.2, 0.25) is 5.76 Å². The van der Waals surface area contributed by atoms with Crippen LogP contribution in [0.3, 0.4) is 0 Å². The number of halogens is 2. The fraction of sp³-hybridized carbons (Fsp3) is 0.304. The van der Waals surface area contributed by atoms with E-state index in [0.717, 1.165) is 11.1 Å². The molecular formula is C23H19Cl2NO5S. The molecule has 2 aliphatic rings. The van der Waals surface area contributed by atoms with E-state index >= 15 is 0 Å². The number of rotatable bonds is 2. The lowest BCUT2D eigenvalue weighted by atomic mass is 9.96. The van der Waals surface area contributed by atoms with Crippen LogP contribution < -0.4 is 5.43 Å². The van der Waals surface area contributed by atoms with Crippen LogP contribution in [0.2, 0.25) is 10.0 Å². The first-order valence-electron chi connectivity index (χ1n) is 10.1. The number of aryl methyl sites for hydroxylation is 2. The Balaban J connectivity index is 1.79. The SMILES string of the molecule is Cc1cc2oc3c(c(=O)c2cc1C)C(c1ccc(Cl)c(Cl)c1)N(C1CCS(=O)(=O)C1)C3=O. The van der Waals surface area contributed by atoms with Gasteiger partial charge in [-0.25, -0.2) is 8.42 Å². The molecular weight excluding hydrogens is 473 g/mol. The topological polar surface area (TPSA) is 84.7 Å². The van der Waals surface area contributed by atoms with E-state index in [2.05, 4.69) is 0 Å². The Kier molecular flexibility index (Phi) is 4.93. The van der Waals surface area contributed by atoms with Crippen molar-refractivity contribution >= 4 is 49.9 Å². The van der Waals surface area contributed by atoms with Gasteiger partial charge in [0.15, 0.2) is 15.3 Å². The van der Waals surface area contributed by atoms with Crippen molar-refractivity contribution in [1.82, 2.24) is 4.90 Å². The van der Waals surface area contributed by atoms with Crippen LogP contribution in [0.4, 0.5) is 0 Å². The zero-order chi connectivity index (χ0) is 22.9. The maximum Gasteiger partial charge on any atom is 0.291 e. The third-order valence-electron chi connectivity index (χ3n) is 6.38. The predicted molar refractivity (Wildman–Crippen MR) is 123 cm³/mol. The minimum Gasteiger partial charge on any atom is -0.450 e. The van der Waals surface area contributed by atoms with Gasteiger partial charge < -0.3 is 9.32 Å². The fourth-order valence-corrected chi connectivity index (χ4v) is 6.64. The Morgan fingerprint density at radius 3 is 2.41 bits per heavy atom. The van der Waals surface area contributed by atoms with Crippen LogP contribution in [0.5, 0.6) is 0 Å². The molecule has 0 spiro atoms. The molecule has 1 saturated heterocycles.